The van der Waals surface area contributed by atoms with Gasteiger partial charge in [-0.15, -0.1) is 0 Å². The summed E-state index contributed by atoms with van der Waals surface area (Å²) < 4.78 is 0. The molecule has 0 spiro atoms. The Bertz CT molecular complexity index is 345. The summed E-state index contributed by atoms with van der Waals surface area (Å²) in [6.07, 6.45) is 2.20. The fourth-order valence-electron chi connectivity index (χ4n) is 1.41. The Balaban J connectivity index is 2.71. The Morgan fingerprint density at radius 1 is 1.64 bits per heavy atom. The molecule has 0 saturated carbocycles. The van der Waals surface area contributed by atoms with Crippen LogP contribution in [-0.4, -0.2) is 16.0 Å². The molecule has 1 heterocycles. The highest BCUT2D eigenvalue weighted by Gasteiger charge is 2.02. The van der Waals surface area contributed by atoms with Gasteiger partial charge in [-0.1, -0.05) is 13.3 Å². The summed E-state index contributed by atoms with van der Waals surface area (Å²) in [6.45, 7) is 5.99. The van der Waals surface area contributed by atoms with Gasteiger partial charge in [0.2, 0.25) is 0 Å². The fraction of sp³-hybridized carbons (Fsp3) is 0.600. The molecule has 2 N–H and O–H groups in total. The lowest BCUT2D eigenvalue weighted by Gasteiger charge is -2.12. The van der Waals surface area contributed by atoms with E-state index in [2.05, 4.69) is 29.1 Å². The number of nitrogens with zero attached hydrogens (tertiary/aromatic N) is 1. The summed E-state index contributed by atoms with van der Waals surface area (Å²) >= 11 is 0. The van der Waals surface area contributed by atoms with Crippen LogP contribution in [0.15, 0.2) is 10.9 Å². The minimum atomic E-state index is -0.108. The lowest BCUT2D eigenvalue weighted by atomic mass is 10.2. The van der Waals surface area contributed by atoms with Crippen LogP contribution in [0, 0.1) is 6.92 Å². The molecule has 0 bridgehead atoms. The van der Waals surface area contributed by atoms with Crippen LogP contribution >= 0.6 is 0 Å². The highest BCUT2D eigenvalue weighted by atomic mass is 16.1. The average molecular weight is 195 g/mol. The lowest BCUT2D eigenvalue weighted by Crippen LogP contribution is -2.18. The van der Waals surface area contributed by atoms with Gasteiger partial charge in [0.1, 0.15) is 11.6 Å². The van der Waals surface area contributed by atoms with E-state index >= 15 is 0 Å². The Hall–Kier alpha value is -1.32. The number of rotatable bonds is 4. The summed E-state index contributed by atoms with van der Waals surface area (Å²) in [7, 11) is 0. The molecule has 0 amide bonds. The SMILES string of the molecule is CCCC(C)Nc1cc(=O)[nH]c(C)n1. The predicted molar refractivity (Wildman–Crippen MR) is 57.6 cm³/mol. The maximum Gasteiger partial charge on any atom is 0.252 e. The second-order valence-electron chi connectivity index (χ2n) is 3.55. The van der Waals surface area contributed by atoms with E-state index in [-0.39, 0.29) is 5.56 Å². The Morgan fingerprint density at radius 3 is 2.93 bits per heavy atom. The first kappa shape index (κ1) is 10.8. The third-order valence-electron chi connectivity index (χ3n) is 1.98. The topological polar surface area (TPSA) is 57.8 Å². The van der Waals surface area contributed by atoms with Crippen LogP contribution in [0.1, 0.15) is 32.5 Å². The quantitative estimate of drug-likeness (QED) is 0.768. The number of aromatic amines is 1. The van der Waals surface area contributed by atoms with Crippen molar-refractivity contribution < 1.29 is 0 Å². The number of nitrogens with one attached hydrogen (secondary N) is 2. The molecule has 0 aliphatic heterocycles. The van der Waals surface area contributed by atoms with Crippen LogP contribution in [0.2, 0.25) is 0 Å². The predicted octanol–water partition coefficient (Wildman–Crippen LogP) is 1.68. The van der Waals surface area contributed by atoms with E-state index in [0.717, 1.165) is 12.8 Å². The smallest absolute Gasteiger partial charge is 0.252 e. The van der Waals surface area contributed by atoms with Crippen molar-refractivity contribution in [3.63, 3.8) is 0 Å². The molecule has 1 rings (SSSR count). The van der Waals surface area contributed by atoms with E-state index in [4.69, 9.17) is 0 Å². The average Bonchev–Trinajstić information content (AvgIpc) is 2.01. The van der Waals surface area contributed by atoms with Crippen molar-refractivity contribution in [1.29, 1.82) is 0 Å². The maximum absolute atomic E-state index is 11.1. The summed E-state index contributed by atoms with van der Waals surface area (Å²) in [6, 6.07) is 1.84. The van der Waals surface area contributed by atoms with E-state index in [1.165, 1.54) is 6.07 Å². The van der Waals surface area contributed by atoms with Gasteiger partial charge in [-0.25, -0.2) is 4.98 Å². The van der Waals surface area contributed by atoms with Crippen molar-refractivity contribution in [2.45, 2.75) is 39.7 Å². The third kappa shape index (κ3) is 3.20. The summed E-state index contributed by atoms with van der Waals surface area (Å²) in [4.78, 5) is 17.9. The van der Waals surface area contributed by atoms with Crippen molar-refractivity contribution in [1.82, 2.24) is 9.97 Å². The molecule has 0 aromatic carbocycles. The van der Waals surface area contributed by atoms with Crippen molar-refractivity contribution >= 4 is 5.82 Å². The number of aromatic nitrogens is 2. The monoisotopic (exact) mass is 195 g/mol. The van der Waals surface area contributed by atoms with Gasteiger partial charge in [0.05, 0.1) is 0 Å². The van der Waals surface area contributed by atoms with E-state index in [0.29, 0.717) is 17.7 Å². The number of anilines is 1. The first-order valence-electron chi connectivity index (χ1n) is 4.96. The molecule has 0 aliphatic carbocycles. The molecule has 4 nitrogen and oxygen atoms in total. The molecule has 78 valence electrons. The molecule has 14 heavy (non-hydrogen) atoms. The first-order valence-corrected chi connectivity index (χ1v) is 4.96. The molecule has 0 fully saturated rings. The van der Waals surface area contributed by atoms with Crippen molar-refractivity contribution in [3.05, 3.63) is 22.2 Å². The van der Waals surface area contributed by atoms with E-state index < -0.39 is 0 Å². The van der Waals surface area contributed by atoms with E-state index in [1.807, 2.05) is 0 Å². The number of H-pyrrole nitrogens is 1. The zero-order valence-electron chi connectivity index (χ0n) is 8.92. The highest BCUT2D eigenvalue weighted by molar-refractivity contribution is 5.33. The normalized spacial score (nSPS) is 12.5. The van der Waals surface area contributed by atoms with Crippen molar-refractivity contribution in [2.24, 2.45) is 0 Å². The van der Waals surface area contributed by atoms with Gasteiger partial charge in [-0.05, 0) is 20.3 Å². The molecule has 1 aromatic rings. The van der Waals surface area contributed by atoms with Gasteiger partial charge in [0, 0.05) is 12.1 Å². The summed E-state index contributed by atoms with van der Waals surface area (Å²) in [5.74, 6) is 1.30. The number of hydrogen-bond donors (Lipinski definition) is 2. The second kappa shape index (κ2) is 4.79. The van der Waals surface area contributed by atoms with Crippen LogP contribution in [0.5, 0.6) is 0 Å². The molecule has 4 heteroatoms. The highest BCUT2D eigenvalue weighted by Crippen LogP contribution is 2.04. The molecule has 1 aromatic heterocycles. The van der Waals surface area contributed by atoms with Gasteiger partial charge in [0.15, 0.2) is 0 Å². The van der Waals surface area contributed by atoms with Crippen LogP contribution in [0.3, 0.4) is 0 Å². The van der Waals surface area contributed by atoms with Crippen LogP contribution in [-0.2, 0) is 0 Å². The molecule has 0 saturated heterocycles. The fourth-order valence-corrected chi connectivity index (χ4v) is 1.41. The van der Waals surface area contributed by atoms with E-state index in [9.17, 15) is 4.79 Å². The summed E-state index contributed by atoms with van der Waals surface area (Å²) in [5, 5.41) is 3.19. The van der Waals surface area contributed by atoms with Gasteiger partial charge < -0.3 is 10.3 Å². The van der Waals surface area contributed by atoms with Gasteiger partial charge in [-0.3, -0.25) is 4.79 Å². The molecule has 1 atom stereocenters. The summed E-state index contributed by atoms with van der Waals surface area (Å²) in [5.41, 5.74) is -0.108. The van der Waals surface area contributed by atoms with Gasteiger partial charge in [0.25, 0.3) is 5.56 Å². The Morgan fingerprint density at radius 2 is 2.36 bits per heavy atom. The lowest BCUT2D eigenvalue weighted by molar-refractivity contribution is 0.686. The number of aryl methyl sites for hydroxylation is 1. The molecule has 0 radical (unpaired) electrons. The van der Waals surface area contributed by atoms with Crippen LogP contribution in [0.25, 0.3) is 0 Å². The molecular weight excluding hydrogens is 178 g/mol. The van der Waals surface area contributed by atoms with Gasteiger partial charge in [-0.2, -0.15) is 0 Å². The van der Waals surface area contributed by atoms with Crippen molar-refractivity contribution in [3.8, 4) is 0 Å². The minimum absolute atomic E-state index is 0.108. The standard InChI is InChI=1S/C10H17N3O/c1-4-5-7(2)11-9-6-10(14)13-8(3)12-9/h6-7H,4-5H2,1-3H3,(H2,11,12,13,14). The molecule has 1 unspecified atom stereocenters. The third-order valence-corrected chi connectivity index (χ3v) is 1.98. The van der Waals surface area contributed by atoms with Crippen LogP contribution < -0.4 is 10.9 Å². The maximum atomic E-state index is 11.1. The Kier molecular flexibility index (Phi) is 3.68. The number of hydrogen-bond acceptors (Lipinski definition) is 3. The van der Waals surface area contributed by atoms with Gasteiger partial charge >= 0.3 is 0 Å². The molecule has 0 aliphatic rings. The van der Waals surface area contributed by atoms with E-state index in [1.54, 1.807) is 6.92 Å². The van der Waals surface area contributed by atoms with Crippen molar-refractivity contribution in [2.75, 3.05) is 5.32 Å². The van der Waals surface area contributed by atoms with Crippen LogP contribution in [0.4, 0.5) is 5.82 Å². The Labute approximate surface area is 83.8 Å². The molecular formula is C10H17N3O. The second-order valence-corrected chi connectivity index (χ2v) is 3.55. The zero-order valence-corrected chi connectivity index (χ0v) is 8.92. The minimum Gasteiger partial charge on any atom is -0.367 e. The first-order chi connectivity index (χ1) is 6.61. The zero-order chi connectivity index (χ0) is 10.6. The largest absolute Gasteiger partial charge is 0.367 e.